The van der Waals surface area contributed by atoms with Crippen molar-refractivity contribution >= 4 is 32.7 Å². The Labute approximate surface area is 180 Å². The van der Waals surface area contributed by atoms with Crippen molar-refractivity contribution in [1.29, 1.82) is 0 Å². The van der Waals surface area contributed by atoms with Crippen LogP contribution in [0.2, 0.25) is 0 Å². The number of benzene rings is 2. The highest BCUT2D eigenvalue weighted by Crippen LogP contribution is 2.29. The molecule has 3 aromatic rings. The third kappa shape index (κ3) is 4.52. The molecule has 1 aliphatic heterocycles. The minimum atomic E-state index is -0.362. The Bertz CT molecular complexity index is 1160. The van der Waals surface area contributed by atoms with Gasteiger partial charge in [0.2, 0.25) is 5.91 Å². The van der Waals surface area contributed by atoms with E-state index in [1.54, 1.807) is 12.1 Å². The van der Waals surface area contributed by atoms with E-state index in [2.05, 4.69) is 26.2 Å². The first-order valence-corrected chi connectivity index (χ1v) is 10.2. The molecule has 0 saturated carbocycles. The summed E-state index contributed by atoms with van der Waals surface area (Å²) < 4.78 is 26.6. The monoisotopic (exact) mass is 475 g/mol. The standard InChI is InChI=1S/C21H19BrFN3O4/c22-15-1-2-18-17(9-15)21(28)26(11-25-18)6-4-19(27)24-5-3-13-7-16(23)8-14-10-29-12-30-20(13)14/h1-2,7-9,11H,3-6,10,12H2,(H,24,27). The minimum absolute atomic E-state index is 0.128. The Balaban J connectivity index is 1.34. The third-order valence-electron chi connectivity index (χ3n) is 4.83. The van der Waals surface area contributed by atoms with Crippen LogP contribution in [0.5, 0.6) is 5.75 Å². The number of nitrogens with zero attached hydrogens (tertiary/aromatic N) is 2. The molecular weight excluding hydrogens is 457 g/mol. The number of hydrogen-bond acceptors (Lipinski definition) is 5. The van der Waals surface area contributed by atoms with Crippen LogP contribution in [0.3, 0.4) is 0 Å². The number of ether oxygens (including phenoxy) is 2. The molecule has 0 radical (unpaired) electrons. The van der Waals surface area contributed by atoms with Gasteiger partial charge in [-0.1, -0.05) is 15.9 Å². The van der Waals surface area contributed by atoms with Gasteiger partial charge >= 0.3 is 0 Å². The molecule has 156 valence electrons. The Morgan fingerprint density at radius 1 is 1.30 bits per heavy atom. The smallest absolute Gasteiger partial charge is 0.261 e. The Morgan fingerprint density at radius 3 is 3.03 bits per heavy atom. The second kappa shape index (κ2) is 8.93. The van der Waals surface area contributed by atoms with Gasteiger partial charge in [-0.3, -0.25) is 14.2 Å². The zero-order chi connectivity index (χ0) is 21.1. The molecular formula is C21H19BrFN3O4. The fourth-order valence-electron chi connectivity index (χ4n) is 3.38. The van der Waals surface area contributed by atoms with E-state index in [1.165, 1.54) is 23.0 Å². The largest absolute Gasteiger partial charge is 0.467 e. The summed E-state index contributed by atoms with van der Waals surface area (Å²) in [5.41, 5.74) is 1.77. The van der Waals surface area contributed by atoms with E-state index in [4.69, 9.17) is 9.47 Å². The van der Waals surface area contributed by atoms with E-state index in [0.717, 1.165) is 4.47 Å². The average Bonchev–Trinajstić information content (AvgIpc) is 2.73. The molecule has 0 bridgehead atoms. The van der Waals surface area contributed by atoms with Crippen LogP contribution in [0, 0.1) is 5.82 Å². The van der Waals surface area contributed by atoms with Crippen molar-refractivity contribution < 1.29 is 18.7 Å². The number of carbonyl (C=O) groups excluding carboxylic acids is 1. The van der Waals surface area contributed by atoms with Crippen LogP contribution in [-0.2, 0) is 29.1 Å². The van der Waals surface area contributed by atoms with Crippen molar-refractivity contribution in [2.75, 3.05) is 13.3 Å². The first-order chi connectivity index (χ1) is 14.5. The molecule has 0 atom stereocenters. The molecule has 0 spiro atoms. The van der Waals surface area contributed by atoms with Gasteiger partial charge in [0, 0.05) is 29.5 Å². The maximum atomic E-state index is 13.8. The lowest BCUT2D eigenvalue weighted by Crippen LogP contribution is -2.29. The van der Waals surface area contributed by atoms with E-state index < -0.39 is 0 Å². The van der Waals surface area contributed by atoms with Crippen LogP contribution in [0.25, 0.3) is 10.9 Å². The number of halogens is 2. The zero-order valence-electron chi connectivity index (χ0n) is 16.0. The van der Waals surface area contributed by atoms with E-state index >= 15 is 0 Å². The van der Waals surface area contributed by atoms with Crippen LogP contribution >= 0.6 is 15.9 Å². The molecule has 2 heterocycles. The molecule has 30 heavy (non-hydrogen) atoms. The normalized spacial score (nSPS) is 13.0. The zero-order valence-corrected chi connectivity index (χ0v) is 17.6. The summed E-state index contributed by atoms with van der Waals surface area (Å²) in [6, 6.07) is 8.10. The van der Waals surface area contributed by atoms with Gasteiger partial charge in [-0.15, -0.1) is 0 Å². The highest BCUT2D eigenvalue weighted by Gasteiger charge is 2.17. The van der Waals surface area contributed by atoms with Gasteiger partial charge in [-0.05, 0) is 42.3 Å². The van der Waals surface area contributed by atoms with E-state index in [1.807, 2.05) is 6.07 Å². The predicted molar refractivity (Wildman–Crippen MR) is 112 cm³/mol. The quantitative estimate of drug-likeness (QED) is 0.592. The summed E-state index contributed by atoms with van der Waals surface area (Å²) in [5.74, 6) is 0.0570. The Morgan fingerprint density at radius 2 is 2.17 bits per heavy atom. The SMILES string of the molecule is O=C(CCn1cnc2ccc(Br)cc2c1=O)NCCc1cc(F)cc2c1OCOC2. The molecule has 1 N–H and O–H groups in total. The molecule has 1 aliphatic rings. The summed E-state index contributed by atoms with van der Waals surface area (Å²) >= 11 is 3.35. The average molecular weight is 476 g/mol. The molecule has 0 saturated heterocycles. The van der Waals surface area contributed by atoms with Gasteiger partial charge < -0.3 is 14.8 Å². The minimum Gasteiger partial charge on any atom is -0.467 e. The fraction of sp³-hybridized carbons (Fsp3) is 0.286. The van der Waals surface area contributed by atoms with Crippen molar-refractivity contribution in [3.63, 3.8) is 0 Å². The molecule has 0 unspecified atom stereocenters. The summed E-state index contributed by atoms with van der Waals surface area (Å²) in [6.07, 6.45) is 2.01. The second-order valence-corrected chi connectivity index (χ2v) is 7.83. The number of aryl methyl sites for hydroxylation is 1. The van der Waals surface area contributed by atoms with Crippen LogP contribution in [-0.4, -0.2) is 28.8 Å². The number of hydrogen-bond donors (Lipinski definition) is 1. The van der Waals surface area contributed by atoms with E-state index in [9.17, 15) is 14.0 Å². The van der Waals surface area contributed by atoms with Gasteiger partial charge in [0.1, 0.15) is 11.6 Å². The Hall–Kier alpha value is -2.78. The number of fused-ring (bicyclic) bond motifs is 2. The van der Waals surface area contributed by atoms with Crippen LogP contribution in [0.15, 0.2) is 45.9 Å². The number of carbonyl (C=O) groups is 1. The summed E-state index contributed by atoms with van der Waals surface area (Å²) in [7, 11) is 0. The fourth-order valence-corrected chi connectivity index (χ4v) is 3.74. The lowest BCUT2D eigenvalue weighted by molar-refractivity contribution is -0.121. The topological polar surface area (TPSA) is 82.5 Å². The number of nitrogens with one attached hydrogen (secondary N) is 1. The van der Waals surface area contributed by atoms with Crippen LogP contribution in [0.4, 0.5) is 4.39 Å². The maximum Gasteiger partial charge on any atom is 0.261 e. The van der Waals surface area contributed by atoms with Crippen LogP contribution in [0.1, 0.15) is 17.5 Å². The second-order valence-electron chi connectivity index (χ2n) is 6.92. The van der Waals surface area contributed by atoms with E-state index in [-0.39, 0.29) is 37.0 Å². The number of amides is 1. The summed E-state index contributed by atoms with van der Waals surface area (Å²) in [4.78, 5) is 29.0. The van der Waals surface area contributed by atoms with Gasteiger partial charge in [0.25, 0.3) is 5.56 Å². The third-order valence-corrected chi connectivity index (χ3v) is 5.33. The number of rotatable bonds is 6. The van der Waals surface area contributed by atoms with Gasteiger partial charge in [-0.25, -0.2) is 9.37 Å². The van der Waals surface area contributed by atoms with Crippen molar-refractivity contribution in [3.05, 3.63) is 68.4 Å². The summed E-state index contributed by atoms with van der Waals surface area (Å²) in [5, 5.41) is 3.29. The van der Waals surface area contributed by atoms with Gasteiger partial charge in [-0.2, -0.15) is 0 Å². The first-order valence-electron chi connectivity index (χ1n) is 9.44. The predicted octanol–water partition coefficient (Wildman–Crippen LogP) is 2.91. The first kappa shape index (κ1) is 20.5. The molecule has 1 amide bonds. The van der Waals surface area contributed by atoms with Gasteiger partial charge in [0.15, 0.2) is 6.79 Å². The molecule has 2 aromatic carbocycles. The van der Waals surface area contributed by atoms with E-state index in [0.29, 0.717) is 47.4 Å². The highest BCUT2D eigenvalue weighted by atomic mass is 79.9. The van der Waals surface area contributed by atoms with Crippen molar-refractivity contribution in [3.8, 4) is 5.75 Å². The Kier molecular flexibility index (Phi) is 6.10. The van der Waals surface area contributed by atoms with Crippen molar-refractivity contribution in [1.82, 2.24) is 14.9 Å². The van der Waals surface area contributed by atoms with Crippen LogP contribution < -0.4 is 15.6 Å². The molecule has 9 heteroatoms. The maximum absolute atomic E-state index is 13.8. The molecule has 7 nitrogen and oxygen atoms in total. The van der Waals surface area contributed by atoms with Crippen molar-refractivity contribution in [2.24, 2.45) is 0 Å². The highest BCUT2D eigenvalue weighted by molar-refractivity contribution is 9.10. The molecule has 0 aliphatic carbocycles. The molecule has 4 rings (SSSR count). The van der Waals surface area contributed by atoms with Gasteiger partial charge in [0.05, 0.1) is 23.8 Å². The lowest BCUT2D eigenvalue weighted by Gasteiger charge is -2.21. The molecule has 1 aromatic heterocycles. The summed E-state index contributed by atoms with van der Waals surface area (Å²) in [6.45, 7) is 0.980. The van der Waals surface area contributed by atoms with Crippen molar-refractivity contribution in [2.45, 2.75) is 26.0 Å². The lowest BCUT2D eigenvalue weighted by atomic mass is 10.1. The number of aromatic nitrogens is 2. The molecule has 0 fully saturated rings.